The Kier molecular flexibility index (Phi) is 3.27. The fraction of sp³-hybridized carbons (Fsp3) is 0.0526. The van der Waals surface area contributed by atoms with E-state index < -0.39 is 0 Å². The Morgan fingerprint density at radius 1 is 0.913 bits per heavy atom. The summed E-state index contributed by atoms with van der Waals surface area (Å²) in [5.74, 6) is 0.842. The number of rotatable bonds is 3. The molecule has 0 aliphatic heterocycles. The van der Waals surface area contributed by atoms with E-state index in [1.165, 1.54) is 0 Å². The van der Waals surface area contributed by atoms with Gasteiger partial charge in [-0.3, -0.25) is 9.97 Å². The van der Waals surface area contributed by atoms with E-state index in [0.29, 0.717) is 0 Å². The molecule has 4 heterocycles. The monoisotopic (exact) mass is 301 g/mol. The molecule has 4 nitrogen and oxygen atoms in total. The molecular formula is C19H15N3O. The molecule has 4 aromatic heterocycles. The van der Waals surface area contributed by atoms with Gasteiger partial charge in [0.1, 0.15) is 5.76 Å². The maximum absolute atomic E-state index is 5.64. The van der Waals surface area contributed by atoms with E-state index in [0.717, 1.165) is 33.8 Å². The van der Waals surface area contributed by atoms with Crippen molar-refractivity contribution >= 4 is 0 Å². The van der Waals surface area contributed by atoms with E-state index in [-0.39, 0.29) is 0 Å². The zero-order valence-electron chi connectivity index (χ0n) is 12.7. The van der Waals surface area contributed by atoms with Crippen LogP contribution in [0.25, 0.3) is 33.8 Å². The fourth-order valence-electron chi connectivity index (χ4n) is 2.87. The quantitative estimate of drug-likeness (QED) is 0.563. The maximum Gasteiger partial charge on any atom is 0.136 e. The van der Waals surface area contributed by atoms with Crippen molar-refractivity contribution in [2.75, 3.05) is 0 Å². The molecule has 0 N–H and O–H groups in total. The average molecular weight is 301 g/mol. The maximum atomic E-state index is 5.64. The first kappa shape index (κ1) is 13.5. The number of nitrogens with zero attached hydrogens (tertiary/aromatic N) is 3. The van der Waals surface area contributed by atoms with Crippen molar-refractivity contribution in [1.29, 1.82) is 0 Å². The molecule has 4 heteroatoms. The van der Waals surface area contributed by atoms with Crippen molar-refractivity contribution in [3.05, 3.63) is 73.5 Å². The minimum Gasteiger partial charge on any atom is -0.464 e. The van der Waals surface area contributed by atoms with Crippen LogP contribution in [0.15, 0.2) is 77.9 Å². The van der Waals surface area contributed by atoms with Crippen LogP contribution >= 0.6 is 0 Å². The summed E-state index contributed by atoms with van der Waals surface area (Å²) in [6, 6.07) is 14.0. The molecule has 0 aliphatic carbocycles. The molecule has 0 saturated heterocycles. The van der Waals surface area contributed by atoms with Gasteiger partial charge < -0.3 is 8.98 Å². The summed E-state index contributed by atoms with van der Waals surface area (Å²) < 4.78 is 7.80. The van der Waals surface area contributed by atoms with Crippen LogP contribution in [0.1, 0.15) is 0 Å². The Morgan fingerprint density at radius 3 is 2.26 bits per heavy atom. The Labute approximate surface area is 134 Å². The van der Waals surface area contributed by atoms with Crippen LogP contribution in [-0.4, -0.2) is 14.5 Å². The molecule has 0 aliphatic rings. The van der Waals surface area contributed by atoms with Gasteiger partial charge in [-0.15, -0.1) is 0 Å². The van der Waals surface area contributed by atoms with Gasteiger partial charge >= 0.3 is 0 Å². The lowest BCUT2D eigenvalue weighted by atomic mass is 10.1. The summed E-state index contributed by atoms with van der Waals surface area (Å²) in [6.45, 7) is 0. The van der Waals surface area contributed by atoms with Crippen molar-refractivity contribution in [1.82, 2.24) is 14.5 Å². The van der Waals surface area contributed by atoms with Crippen LogP contribution in [0, 0.1) is 0 Å². The second kappa shape index (κ2) is 5.57. The third-order valence-corrected chi connectivity index (χ3v) is 3.91. The van der Waals surface area contributed by atoms with Crippen LogP contribution < -0.4 is 0 Å². The van der Waals surface area contributed by atoms with Crippen LogP contribution in [-0.2, 0) is 7.05 Å². The molecule has 112 valence electrons. The summed E-state index contributed by atoms with van der Waals surface area (Å²) in [7, 11) is 2.05. The van der Waals surface area contributed by atoms with Gasteiger partial charge in [-0.1, -0.05) is 0 Å². The molecule has 4 rings (SSSR count). The van der Waals surface area contributed by atoms with Crippen molar-refractivity contribution < 1.29 is 4.42 Å². The first-order valence-electron chi connectivity index (χ1n) is 7.39. The number of hydrogen-bond donors (Lipinski definition) is 0. The van der Waals surface area contributed by atoms with Gasteiger partial charge in [0.25, 0.3) is 0 Å². The predicted molar refractivity (Wildman–Crippen MR) is 89.6 cm³/mol. The predicted octanol–water partition coefficient (Wildman–Crippen LogP) is 4.41. The van der Waals surface area contributed by atoms with Crippen LogP contribution in [0.5, 0.6) is 0 Å². The summed E-state index contributed by atoms with van der Waals surface area (Å²) >= 11 is 0. The highest BCUT2D eigenvalue weighted by Gasteiger charge is 2.18. The molecule has 23 heavy (non-hydrogen) atoms. The van der Waals surface area contributed by atoms with E-state index in [9.17, 15) is 0 Å². The molecule has 0 spiro atoms. The largest absolute Gasteiger partial charge is 0.464 e. The van der Waals surface area contributed by atoms with Gasteiger partial charge in [-0.05, 0) is 42.5 Å². The summed E-state index contributed by atoms with van der Waals surface area (Å²) in [6.07, 6.45) is 8.99. The van der Waals surface area contributed by atoms with Gasteiger partial charge in [-0.25, -0.2) is 0 Å². The van der Waals surface area contributed by atoms with E-state index >= 15 is 0 Å². The second-order valence-corrected chi connectivity index (χ2v) is 5.31. The van der Waals surface area contributed by atoms with Gasteiger partial charge in [0.15, 0.2) is 0 Å². The minimum absolute atomic E-state index is 0.842. The Balaban J connectivity index is 1.98. The van der Waals surface area contributed by atoms with Crippen molar-refractivity contribution in [3.63, 3.8) is 0 Å². The van der Waals surface area contributed by atoms with Crippen molar-refractivity contribution in [3.8, 4) is 33.8 Å². The number of hydrogen-bond acceptors (Lipinski definition) is 3. The average Bonchev–Trinajstić information content (AvgIpc) is 3.24. The van der Waals surface area contributed by atoms with Gasteiger partial charge in [0, 0.05) is 48.5 Å². The van der Waals surface area contributed by atoms with Gasteiger partial charge in [-0.2, -0.15) is 0 Å². The molecule has 0 aromatic carbocycles. The molecule has 0 saturated carbocycles. The van der Waals surface area contributed by atoms with E-state index in [1.807, 2.05) is 36.7 Å². The highest BCUT2D eigenvalue weighted by Crippen LogP contribution is 2.37. The highest BCUT2D eigenvalue weighted by molar-refractivity contribution is 5.84. The highest BCUT2D eigenvalue weighted by atomic mass is 16.3. The van der Waals surface area contributed by atoms with Gasteiger partial charge in [0.2, 0.25) is 0 Å². The zero-order chi connectivity index (χ0) is 15.6. The SMILES string of the molecule is Cn1c(-c2cccnc2)cc(-c2ccco2)c1-c1cccnc1. The van der Waals surface area contributed by atoms with Crippen LogP contribution in [0.4, 0.5) is 0 Å². The van der Waals surface area contributed by atoms with E-state index in [4.69, 9.17) is 4.42 Å². The fourth-order valence-corrected chi connectivity index (χ4v) is 2.87. The molecule has 0 unspecified atom stereocenters. The molecule has 0 bridgehead atoms. The molecular weight excluding hydrogens is 286 g/mol. The Morgan fingerprint density at radius 2 is 1.65 bits per heavy atom. The van der Waals surface area contributed by atoms with Crippen molar-refractivity contribution in [2.24, 2.45) is 7.05 Å². The van der Waals surface area contributed by atoms with Gasteiger partial charge in [0.05, 0.1) is 17.7 Å². The topological polar surface area (TPSA) is 43.9 Å². The number of pyridine rings is 2. The molecule has 0 amide bonds. The second-order valence-electron chi connectivity index (χ2n) is 5.31. The number of aromatic nitrogens is 3. The van der Waals surface area contributed by atoms with Crippen LogP contribution in [0.2, 0.25) is 0 Å². The first-order valence-corrected chi connectivity index (χ1v) is 7.39. The Hall–Kier alpha value is -3.14. The molecule has 0 atom stereocenters. The summed E-state index contributed by atoms with van der Waals surface area (Å²) in [5, 5.41) is 0. The lowest BCUT2D eigenvalue weighted by Gasteiger charge is -2.08. The summed E-state index contributed by atoms with van der Waals surface area (Å²) in [5.41, 5.74) is 5.33. The smallest absolute Gasteiger partial charge is 0.136 e. The number of furan rings is 1. The Bertz CT molecular complexity index is 910. The minimum atomic E-state index is 0.842. The van der Waals surface area contributed by atoms with Crippen LogP contribution in [0.3, 0.4) is 0 Å². The lowest BCUT2D eigenvalue weighted by molar-refractivity contribution is 0.582. The summed E-state index contributed by atoms with van der Waals surface area (Å²) in [4.78, 5) is 8.48. The van der Waals surface area contributed by atoms with E-state index in [1.54, 1.807) is 18.7 Å². The lowest BCUT2D eigenvalue weighted by Crippen LogP contribution is -1.95. The molecule has 0 radical (unpaired) electrons. The third-order valence-electron chi connectivity index (χ3n) is 3.91. The van der Waals surface area contributed by atoms with E-state index in [2.05, 4.69) is 39.8 Å². The standard InChI is InChI=1S/C19H15N3O/c1-22-17(14-5-2-8-20-12-14)11-16(18-7-4-10-23-18)19(22)15-6-3-9-21-13-15/h2-13H,1H3. The third kappa shape index (κ3) is 2.34. The molecule has 0 fully saturated rings. The van der Waals surface area contributed by atoms with Crippen molar-refractivity contribution in [2.45, 2.75) is 0 Å². The first-order chi connectivity index (χ1) is 11.3. The molecule has 4 aromatic rings. The normalized spacial score (nSPS) is 10.8. The zero-order valence-corrected chi connectivity index (χ0v) is 12.7.